The third-order valence-corrected chi connectivity index (χ3v) is 7.45. The zero-order valence-corrected chi connectivity index (χ0v) is 22.8. The fraction of sp³-hybridized carbons (Fsp3) is 0.517. The molecule has 0 saturated heterocycles. The van der Waals surface area contributed by atoms with E-state index in [2.05, 4.69) is 29.2 Å². The third-order valence-electron chi connectivity index (χ3n) is 7.45. The molecule has 0 bridgehead atoms. The van der Waals surface area contributed by atoms with Crippen LogP contribution in [-0.2, 0) is 14.4 Å². The van der Waals surface area contributed by atoms with E-state index in [1.165, 1.54) is 5.01 Å². The van der Waals surface area contributed by atoms with Gasteiger partial charge in [-0.05, 0) is 72.1 Å². The number of aliphatic hydroxyl groups is 1. The number of anilines is 2. The second kappa shape index (κ2) is 10.1. The Labute approximate surface area is 219 Å². The van der Waals surface area contributed by atoms with Crippen molar-refractivity contribution in [3.63, 3.8) is 0 Å². The molecular weight excluding hydrogens is 468 g/mol. The van der Waals surface area contributed by atoms with Crippen LogP contribution in [0.5, 0.6) is 0 Å². The lowest BCUT2D eigenvalue weighted by atomic mass is 9.79. The van der Waals surface area contributed by atoms with Gasteiger partial charge >= 0.3 is 0 Å². The van der Waals surface area contributed by atoms with E-state index >= 15 is 0 Å². The van der Waals surface area contributed by atoms with Gasteiger partial charge in [0.2, 0.25) is 11.7 Å². The maximum absolute atomic E-state index is 13.5. The third kappa shape index (κ3) is 4.69. The van der Waals surface area contributed by atoms with Crippen molar-refractivity contribution in [1.82, 2.24) is 5.01 Å². The summed E-state index contributed by atoms with van der Waals surface area (Å²) >= 11 is 0. The first kappa shape index (κ1) is 26.6. The number of Topliss-reactive ketones (excluding diaryl/α,β-unsaturated/α-hetero) is 1. The lowest BCUT2D eigenvalue weighted by Gasteiger charge is -2.29. The van der Waals surface area contributed by atoms with Gasteiger partial charge in [-0.25, -0.2) is 5.01 Å². The van der Waals surface area contributed by atoms with Gasteiger partial charge in [-0.1, -0.05) is 19.8 Å². The second-order valence-electron chi connectivity index (χ2n) is 10.9. The normalized spacial score (nSPS) is 20.5. The molecule has 1 aliphatic heterocycles. The summed E-state index contributed by atoms with van der Waals surface area (Å²) in [6.45, 7) is 13.2. The molecule has 8 nitrogen and oxygen atoms in total. The predicted molar refractivity (Wildman–Crippen MR) is 146 cm³/mol. The van der Waals surface area contributed by atoms with Crippen molar-refractivity contribution in [3.05, 3.63) is 40.7 Å². The molecule has 0 unspecified atom stereocenters. The summed E-state index contributed by atoms with van der Waals surface area (Å²) in [5.41, 5.74) is 2.10. The number of ketones is 1. The molecule has 0 radical (unpaired) electrons. The first-order valence-corrected chi connectivity index (χ1v) is 13.4. The fourth-order valence-electron chi connectivity index (χ4n) is 5.35. The largest absolute Gasteiger partial charge is 0.506 e. The molecule has 2 aliphatic carbocycles. The summed E-state index contributed by atoms with van der Waals surface area (Å²) in [6, 6.07) is 5.54. The van der Waals surface area contributed by atoms with Gasteiger partial charge in [-0.15, -0.1) is 0 Å². The SMILES string of the molecule is CCC1=NN(C(C)(C)C)C(=O)C1=C1C(=O)C(c2ccc(N(CC)CC)cc2NC(=O)C2CCCC2)=C1O. The smallest absolute Gasteiger partial charge is 0.277 e. The Hall–Kier alpha value is -3.42. The average Bonchev–Trinajstić information content (AvgIpc) is 3.50. The molecule has 0 spiro atoms. The minimum absolute atomic E-state index is 0.00763. The molecule has 1 heterocycles. The van der Waals surface area contributed by atoms with Crippen molar-refractivity contribution in [2.45, 2.75) is 79.2 Å². The summed E-state index contributed by atoms with van der Waals surface area (Å²) in [5, 5.41) is 20.0. The van der Waals surface area contributed by atoms with Crippen LogP contribution in [0.2, 0.25) is 0 Å². The van der Waals surface area contributed by atoms with Gasteiger partial charge in [0, 0.05) is 30.3 Å². The van der Waals surface area contributed by atoms with Crippen molar-refractivity contribution in [2.75, 3.05) is 23.3 Å². The quantitative estimate of drug-likeness (QED) is 0.494. The van der Waals surface area contributed by atoms with Crippen molar-refractivity contribution in [1.29, 1.82) is 0 Å². The average molecular weight is 507 g/mol. The molecular formula is C29H38N4O4. The fourth-order valence-corrected chi connectivity index (χ4v) is 5.35. The number of nitrogens with one attached hydrogen (secondary N) is 1. The molecule has 198 valence electrons. The van der Waals surface area contributed by atoms with Crippen LogP contribution in [0.4, 0.5) is 11.4 Å². The van der Waals surface area contributed by atoms with Gasteiger partial charge in [0.15, 0.2) is 0 Å². The topological polar surface area (TPSA) is 102 Å². The van der Waals surface area contributed by atoms with Gasteiger partial charge in [0.1, 0.15) is 5.76 Å². The molecule has 8 heteroatoms. The number of carbonyl (C=O) groups excluding carboxylic acids is 3. The van der Waals surface area contributed by atoms with Crippen LogP contribution in [0.25, 0.3) is 5.57 Å². The van der Waals surface area contributed by atoms with Gasteiger partial charge < -0.3 is 15.3 Å². The molecule has 3 aliphatic rings. The maximum atomic E-state index is 13.5. The molecule has 1 aromatic carbocycles. The Balaban J connectivity index is 1.79. The van der Waals surface area contributed by atoms with E-state index in [0.29, 0.717) is 23.4 Å². The van der Waals surface area contributed by atoms with Gasteiger partial charge in [0.25, 0.3) is 5.91 Å². The van der Waals surface area contributed by atoms with E-state index < -0.39 is 11.3 Å². The minimum Gasteiger partial charge on any atom is -0.506 e. The Bertz CT molecular complexity index is 1220. The molecule has 0 atom stereocenters. The van der Waals surface area contributed by atoms with Crippen LogP contribution in [-0.4, -0.2) is 52.1 Å². The number of nitrogens with zero attached hydrogens (tertiary/aromatic N) is 3. The summed E-state index contributed by atoms with van der Waals surface area (Å²) in [6.07, 6.45) is 4.23. The van der Waals surface area contributed by atoms with Crippen LogP contribution in [0.15, 0.2) is 40.2 Å². The predicted octanol–water partition coefficient (Wildman–Crippen LogP) is 5.22. The molecule has 0 aromatic heterocycles. The monoisotopic (exact) mass is 506 g/mol. The Morgan fingerprint density at radius 2 is 1.73 bits per heavy atom. The van der Waals surface area contributed by atoms with Crippen molar-refractivity contribution in [2.24, 2.45) is 11.0 Å². The summed E-state index contributed by atoms with van der Waals surface area (Å²) < 4.78 is 0. The van der Waals surface area contributed by atoms with E-state index in [1.807, 2.05) is 39.8 Å². The summed E-state index contributed by atoms with van der Waals surface area (Å²) in [5.74, 6) is -1.13. The van der Waals surface area contributed by atoms with E-state index in [-0.39, 0.29) is 40.2 Å². The van der Waals surface area contributed by atoms with E-state index in [1.54, 1.807) is 6.07 Å². The van der Waals surface area contributed by atoms with E-state index in [0.717, 1.165) is 44.5 Å². The number of hydrazone groups is 1. The Morgan fingerprint density at radius 3 is 2.27 bits per heavy atom. The van der Waals surface area contributed by atoms with E-state index in [4.69, 9.17) is 0 Å². The van der Waals surface area contributed by atoms with Gasteiger partial charge in [0.05, 0.1) is 33.7 Å². The summed E-state index contributed by atoms with van der Waals surface area (Å²) in [7, 11) is 0. The molecule has 1 fully saturated rings. The maximum Gasteiger partial charge on any atom is 0.277 e. The van der Waals surface area contributed by atoms with Crippen LogP contribution >= 0.6 is 0 Å². The molecule has 1 aromatic rings. The number of carbonyl (C=O) groups is 3. The number of allylic oxidation sites excluding steroid dienone is 2. The van der Waals surface area contributed by atoms with Gasteiger partial charge in [-0.3, -0.25) is 14.4 Å². The molecule has 4 rings (SSSR count). The highest BCUT2D eigenvalue weighted by molar-refractivity contribution is 6.44. The standard InChI is InChI=1S/C29H38N4O4/c1-7-20-23(28(37)33(31-20)29(4,5)6)24-25(34)22(26(24)35)19-15-14-18(32(8-2)9-3)16-21(19)30-27(36)17-12-10-11-13-17/h14-17,34H,7-13H2,1-6H3,(H,30,36). The number of hydrogen-bond donors (Lipinski definition) is 2. The van der Waals surface area contributed by atoms with Crippen LogP contribution in [0.3, 0.4) is 0 Å². The minimum atomic E-state index is -0.563. The lowest BCUT2D eigenvalue weighted by Crippen LogP contribution is -2.40. The molecule has 1 saturated carbocycles. The number of hydrogen-bond acceptors (Lipinski definition) is 6. The number of aliphatic hydroxyl groups excluding tert-OH is 1. The highest BCUT2D eigenvalue weighted by Crippen LogP contribution is 2.44. The molecule has 2 amide bonds. The number of rotatable bonds is 7. The van der Waals surface area contributed by atoms with Crippen molar-refractivity contribution in [3.8, 4) is 0 Å². The van der Waals surface area contributed by atoms with Crippen LogP contribution in [0.1, 0.15) is 79.2 Å². The van der Waals surface area contributed by atoms with Crippen molar-refractivity contribution < 1.29 is 19.5 Å². The zero-order valence-electron chi connectivity index (χ0n) is 22.8. The first-order chi connectivity index (χ1) is 17.5. The molecule has 37 heavy (non-hydrogen) atoms. The Kier molecular flexibility index (Phi) is 7.31. The van der Waals surface area contributed by atoms with Crippen molar-refractivity contribution >= 4 is 40.3 Å². The highest BCUT2D eigenvalue weighted by atomic mass is 16.3. The van der Waals surface area contributed by atoms with E-state index in [9.17, 15) is 19.5 Å². The van der Waals surface area contributed by atoms with Gasteiger partial charge in [-0.2, -0.15) is 5.10 Å². The number of benzene rings is 1. The Morgan fingerprint density at radius 1 is 1.08 bits per heavy atom. The highest BCUT2D eigenvalue weighted by Gasteiger charge is 2.46. The zero-order chi connectivity index (χ0) is 27.1. The van der Waals surface area contributed by atoms with Crippen LogP contribution < -0.4 is 10.2 Å². The second-order valence-corrected chi connectivity index (χ2v) is 10.9. The first-order valence-electron chi connectivity index (χ1n) is 13.4. The summed E-state index contributed by atoms with van der Waals surface area (Å²) in [4.78, 5) is 42.0. The molecule has 2 N–H and O–H groups in total. The lowest BCUT2D eigenvalue weighted by molar-refractivity contribution is -0.130. The number of amides is 2. The van der Waals surface area contributed by atoms with Crippen LogP contribution in [0, 0.1) is 5.92 Å².